The first-order valence-corrected chi connectivity index (χ1v) is 3.93. The molecule has 0 heterocycles. The highest BCUT2D eigenvalue weighted by Crippen LogP contribution is 2.25. The van der Waals surface area contributed by atoms with E-state index in [2.05, 4.69) is 10.7 Å². The van der Waals surface area contributed by atoms with Crippen molar-refractivity contribution in [3.63, 3.8) is 0 Å². The second-order valence-electron chi connectivity index (χ2n) is 2.52. The van der Waals surface area contributed by atoms with Gasteiger partial charge in [-0.3, -0.25) is 0 Å². The van der Waals surface area contributed by atoms with Crippen molar-refractivity contribution in [2.75, 3.05) is 6.61 Å². The molecule has 0 fully saturated rings. The number of hydrogen-bond acceptors (Lipinski definition) is 2. The molecule has 0 spiro atoms. The summed E-state index contributed by atoms with van der Waals surface area (Å²) in [6, 6.07) is 5.16. The van der Waals surface area contributed by atoms with E-state index < -0.39 is 6.36 Å². The standard InChI is InChI=1S/C10H7F3O2/c1-2-6-14-8-4-3-5-9(7-8)15-10(11,12)13/h1,3-5,7H,6H2. The van der Waals surface area contributed by atoms with Crippen LogP contribution in [0.25, 0.3) is 0 Å². The third kappa shape index (κ3) is 4.27. The van der Waals surface area contributed by atoms with Crippen LogP contribution < -0.4 is 9.47 Å². The molecule has 0 aromatic heterocycles. The molecule has 15 heavy (non-hydrogen) atoms. The second kappa shape index (κ2) is 4.60. The Balaban J connectivity index is 2.71. The molecule has 0 aliphatic heterocycles. The summed E-state index contributed by atoms with van der Waals surface area (Å²) in [7, 11) is 0. The number of rotatable bonds is 3. The third-order valence-corrected chi connectivity index (χ3v) is 1.36. The quantitative estimate of drug-likeness (QED) is 0.723. The predicted molar refractivity (Wildman–Crippen MR) is 47.5 cm³/mol. The van der Waals surface area contributed by atoms with Crippen LogP contribution in [0.15, 0.2) is 24.3 Å². The largest absolute Gasteiger partial charge is 0.573 e. The highest BCUT2D eigenvalue weighted by atomic mass is 19.4. The van der Waals surface area contributed by atoms with Gasteiger partial charge >= 0.3 is 6.36 Å². The Hall–Kier alpha value is -1.83. The van der Waals surface area contributed by atoms with Crippen molar-refractivity contribution in [3.05, 3.63) is 24.3 Å². The Morgan fingerprint density at radius 2 is 1.93 bits per heavy atom. The van der Waals surface area contributed by atoms with Crippen LogP contribution in [0.1, 0.15) is 0 Å². The summed E-state index contributed by atoms with van der Waals surface area (Å²) in [5.41, 5.74) is 0. The number of alkyl halides is 3. The van der Waals surface area contributed by atoms with E-state index in [1.807, 2.05) is 0 Å². The van der Waals surface area contributed by atoms with E-state index in [1.54, 1.807) is 0 Å². The average molecular weight is 216 g/mol. The Bertz CT molecular complexity index is 366. The molecule has 0 unspecified atom stereocenters. The Morgan fingerprint density at radius 3 is 2.53 bits per heavy atom. The van der Waals surface area contributed by atoms with Crippen LogP contribution in [0.3, 0.4) is 0 Å². The summed E-state index contributed by atoms with van der Waals surface area (Å²) < 4.78 is 44.1. The van der Waals surface area contributed by atoms with Crippen LogP contribution in [-0.2, 0) is 0 Å². The second-order valence-corrected chi connectivity index (χ2v) is 2.52. The lowest BCUT2D eigenvalue weighted by atomic mass is 10.3. The van der Waals surface area contributed by atoms with Gasteiger partial charge in [-0.25, -0.2) is 0 Å². The maximum Gasteiger partial charge on any atom is 0.573 e. The lowest BCUT2D eigenvalue weighted by Gasteiger charge is -2.09. The average Bonchev–Trinajstić information content (AvgIpc) is 2.12. The molecule has 0 radical (unpaired) electrons. The Morgan fingerprint density at radius 1 is 1.27 bits per heavy atom. The van der Waals surface area contributed by atoms with Crippen molar-refractivity contribution in [2.24, 2.45) is 0 Å². The summed E-state index contributed by atoms with van der Waals surface area (Å²) in [5, 5.41) is 0. The molecule has 80 valence electrons. The van der Waals surface area contributed by atoms with Crippen molar-refractivity contribution in [1.82, 2.24) is 0 Å². The molecule has 0 atom stereocenters. The molecule has 0 saturated carbocycles. The van der Waals surface area contributed by atoms with Gasteiger partial charge in [0, 0.05) is 6.07 Å². The highest BCUT2D eigenvalue weighted by Gasteiger charge is 2.31. The van der Waals surface area contributed by atoms with Gasteiger partial charge in [0.25, 0.3) is 0 Å². The highest BCUT2D eigenvalue weighted by molar-refractivity contribution is 5.33. The number of terminal acetylenes is 1. The van der Waals surface area contributed by atoms with Crippen LogP contribution >= 0.6 is 0 Å². The van der Waals surface area contributed by atoms with Crippen molar-refractivity contribution >= 4 is 0 Å². The summed E-state index contributed by atoms with van der Waals surface area (Å²) in [6.45, 7) is -0.00449. The molecule has 0 saturated heterocycles. The lowest BCUT2D eigenvalue weighted by molar-refractivity contribution is -0.274. The van der Waals surface area contributed by atoms with E-state index in [1.165, 1.54) is 18.2 Å². The fourth-order valence-corrected chi connectivity index (χ4v) is 0.886. The van der Waals surface area contributed by atoms with E-state index in [0.29, 0.717) is 0 Å². The van der Waals surface area contributed by atoms with Gasteiger partial charge in [-0.1, -0.05) is 12.0 Å². The smallest absolute Gasteiger partial charge is 0.481 e. The van der Waals surface area contributed by atoms with Crippen LogP contribution in [0, 0.1) is 12.3 Å². The first-order valence-electron chi connectivity index (χ1n) is 3.93. The van der Waals surface area contributed by atoms with Gasteiger partial charge in [0.15, 0.2) is 0 Å². The normalized spacial score (nSPS) is 10.5. The monoisotopic (exact) mass is 216 g/mol. The predicted octanol–water partition coefficient (Wildman–Crippen LogP) is 2.60. The van der Waals surface area contributed by atoms with Gasteiger partial charge < -0.3 is 9.47 Å². The van der Waals surface area contributed by atoms with E-state index in [4.69, 9.17) is 11.2 Å². The molecule has 1 aromatic rings. The van der Waals surface area contributed by atoms with E-state index >= 15 is 0 Å². The van der Waals surface area contributed by atoms with Gasteiger partial charge in [0.05, 0.1) is 0 Å². The molecular weight excluding hydrogens is 209 g/mol. The van der Waals surface area contributed by atoms with E-state index in [9.17, 15) is 13.2 Å². The maximum absolute atomic E-state index is 11.8. The first-order chi connectivity index (χ1) is 7.01. The Kier molecular flexibility index (Phi) is 3.45. The van der Waals surface area contributed by atoms with Gasteiger partial charge in [-0.15, -0.1) is 19.6 Å². The minimum Gasteiger partial charge on any atom is -0.481 e. The maximum atomic E-state index is 11.8. The fourth-order valence-electron chi connectivity index (χ4n) is 0.886. The summed E-state index contributed by atoms with van der Waals surface area (Å²) in [4.78, 5) is 0. The van der Waals surface area contributed by atoms with Gasteiger partial charge in [-0.2, -0.15) is 0 Å². The zero-order chi connectivity index (χ0) is 11.3. The minimum absolute atomic E-state index is 0.00449. The summed E-state index contributed by atoms with van der Waals surface area (Å²) in [6.07, 6.45) is 0.226. The fraction of sp³-hybridized carbons (Fsp3) is 0.200. The SMILES string of the molecule is C#CCOc1cccc(OC(F)(F)F)c1. The van der Waals surface area contributed by atoms with Crippen LogP contribution in [0.2, 0.25) is 0 Å². The number of hydrogen-bond donors (Lipinski definition) is 0. The van der Waals surface area contributed by atoms with Gasteiger partial charge in [-0.05, 0) is 12.1 Å². The zero-order valence-corrected chi connectivity index (χ0v) is 7.54. The molecule has 0 bridgehead atoms. The number of ether oxygens (including phenoxy) is 2. The molecule has 0 aliphatic carbocycles. The Labute approximate surface area is 84.6 Å². The first kappa shape index (κ1) is 11.2. The molecule has 1 rings (SSSR count). The third-order valence-electron chi connectivity index (χ3n) is 1.36. The van der Waals surface area contributed by atoms with E-state index in [-0.39, 0.29) is 18.1 Å². The number of halogens is 3. The van der Waals surface area contributed by atoms with Crippen molar-refractivity contribution in [1.29, 1.82) is 0 Å². The van der Waals surface area contributed by atoms with Gasteiger partial charge in [0.2, 0.25) is 0 Å². The zero-order valence-electron chi connectivity index (χ0n) is 7.54. The van der Waals surface area contributed by atoms with Crippen LogP contribution in [0.5, 0.6) is 11.5 Å². The molecule has 0 aliphatic rings. The van der Waals surface area contributed by atoms with Crippen molar-refractivity contribution in [3.8, 4) is 23.8 Å². The topological polar surface area (TPSA) is 18.5 Å². The van der Waals surface area contributed by atoms with Crippen molar-refractivity contribution in [2.45, 2.75) is 6.36 Å². The van der Waals surface area contributed by atoms with Crippen molar-refractivity contribution < 1.29 is 22.6 Å². The molecule has 1 aromatic carbocycles. The molecule has 5 heteroatoms. The number of benzene rings is 1. The minimum atomic E-state index is -4.70. The molecule has 0 N–H and O–H groups in total. The molecule has 2 nitrogen and oxygen atoms in total. The van der Waals surface area contributed by atoms with E-state index in [0.717, 1.165) is 6.07 Å². The van der Waals surface area contributed by atoms with Gasteiger partial charge in [0.1, 0.15) is 18.1 Å². The lowest BCUT2D eigenvalue weighted by Crippen LogP contribution is -2.17. The summed E-state index contributed by atoms with van der Waals surface area (Å²) >= 11 is 0. The summed E-state index contributed by atoms with van der Waals surface area (Å²) in [5.74, 6) is 2.09. The van der Waals surface area contributed by atoms with Crippen LogP contribution in [-0.4, -0.2) is 13.0 Å². The van der Waals surface area contributed by atoms with Crippen LogP contribution in [0.4, 0.5) is 13.2 Å². The molecular formula is C10H7F3O2. The molecule has 0 amide bonds.